The molecule has 0 spiro atoms. The zero-order valence-electron chi connectivity index (χ0n) is 8.45. The summed E-state index contributed by atoms with van der Waals surface area (Å²) in [5.74, 6) is -1.44. The molecule has 1 aromatic carbocycles. The van der Waals surface area contributed by atoms with Gasteiger partial charge in [-0.05, 0) is 30.5 Å². The van der Waals surface area contributed by atoms with Crippen molar-refractivity contribution in [3.63, 3.8) is 0 Å². The molecule has 0 heterocycles. The molecule has 76 valence electrons. The average Bonchev–Trinajstić information content (AvgIpc) is 2.10. The molecule has 0 bridgehead atoms. The molecule has 0 amide bonds. The summed E-state index contributed by atoms with van der Waals surface area (Å²) >= 11 is 0. The lowest BCUT2D eigenvalue weighted by molar-refractivity contribution is -0.138. The summed E-state index contributed by atoms with van der Waals surface area (Å²) in [7, 11) is 0. The Bertz CT molecular complexity index is 327. The summed E-state index contributed by atoms with van der Waals surface area (Å²) in [6, 6.07) is 5.74. The highest BCUT2D eigenvalue weighted by atomic mass is 16.4. The number of rotatable bonds is 3. The molecule has 3 N–H and O–H groups in total. The van der Waals surface area contributed by atoms with E-state index in [9.17, 15) is 4.79 Å². The van der Waals surface area contributed by atoms with Crippen molar-refractivity contribution in [1.82, 2.24) is 0 Å². The Balaban J connectivity index is 3.22. The van der Waals surface area contributed by atoms with Gasteiger partial charge in [-0.15, -0.1) is 0 Å². The van der Waals surface area contributed by atoms with Crippen LogP contribution in [0.3, 0.4) is 0 Å². The van der Waals surface area contributed by atoms with Crippen molar-refractivity contribution < 1.29 is 9.90 Å². The predicted molar refractivity (Wildman–Crippen MR) is 55.3 cm³/mol. The van der Waals surface area contributed by atoms with E-state index in [0.29, 0.717) is 0 Å². The van der Waals surface area contributed by atoms with E-state index in [1.54, 1.807) is 0 Å². The van der Waals surface area contributed by atoms with Gasteiger partial charge in [-0.2, -0.15) is 0 Å². The number of carboxylic acid groups (broad SMARTS) is 1. The summed E-state index contributed by atoms with van der Waals surface area (Å²) in [5, 5.41) is 9.00. The zero-order valence-corrected chi connectivity index (χ0v) is 8.45. The molecule has 0 radical (unpaired) electrons. The van der Waals surface area contributed by atoms with Gasteiger partial charge in [0.25, 0.3) is 0 Å². The minimum atomic E-state index is -0.857. The maximum Gasteiger partial charge on any atom is 0.312 e. The van der Waals surface area contributed by atoms with Crippen LogP contribution in [-0.2, 0) is 4.79 Å². The van der Waals surface area contributed by atoms with E-state index in [4.69, 9.17) is 10.8 Å². The maximum atomic E-state index is 11.0. The SMILES string of the molecule is Cc1cccc(C)c1C(CN)C(=O)O. The van der Waals surface area contributed by atoms with Crippen LogP contribution in [-0.4, -0.2) is 17.6 Å². The molecule has 1 aromatic rings. The third kappa shape index (κ3) is 1.93. The maximum absolute atomic E-state index is 11.0. The van der Waals surface area contributed by atoms with Crippen LogP contribution >= 0.6 is 0 Å². The topological polar surface area (TPSA) is 63.3 Å². The second-order valence-corrected chi connectivity index (χ2v) is 3.43. The van der Waals surface area contributed by atoms with E-state index in [1.165, 1.54) is 0 Å². The molecule has 1 rings (SSSR count). The minimum absolute atomic E-state index is 0.140. The van der Waals surface area contributed by atoms with Crippen LogP contribution in [0.1, 0.15) is 22.6 Å². The second kappa shape index (κ2) is 4.24. The van der Waals surface area contributed by atoms with E-state index in [1.807, 2.05) is 32.0 Å². The Labute approximate surface area is 83.6 Å². The van der Waals surface area contributed by atoms with Crippen LogP contribution in [0.25, 0.3) is 0 Å². The number of hydrogen-bond donors (Lipinski definition) is 2. The van der Waals surface area contributed by atoms with Crippen molar-refractivity contribution in [2.75, 3.05) is 6.54 Å². The summed E-state index contributed by atoms with van der Waals surface area (Å²) < 4.78 is 0. The monoisotopic (exact) mass is 193 g/mol. The normalized spacial score (nSPS) is 12.5. The van der Waals surface area contributed by atoms with Gasteiger partial charge in [-0.3, -0.25) is 4.79 Å². The predicted octanol–water partition coefficient (Wildman–Crippen LogP) is 1.43. The first-order valence-electron chi connectivity index (χ1n) is 4.57. The summed E-state index contributed by atoms with van der Waals surface area (Å²) in [6.45, 7) is 3.96. The number of hydrogen-bond acceptors (Lipinski definition) is 2. The Morgan fingerprint density at radius 2 is 1.93 bits per heavy atom. The quantitative estimate of drug-likeness (QED) is 0.763. The fourth-order valence-corrected chi connectivity index (χ4v) is 1.72. The van der Waals surface area contributed by atoms with Gasteiger partial charge < -0.3 is 10.8 Å². The van der Waals surface area contributed by atoms with Gasteiger partial charge in [0.1, 0.15) is 0 Å². The molecule has 0 aromatic heterocycles. The molecule has 0 saturated carbocycles. The molecule has 0 saturated heterocycles. The summed E-state index contributed by atoms with van der Waals surface area (Å²) in [6.07, 6.45) is 0. The molecule has 0 aliphatic carbocycles. The standard InChI is InChI=1S/C11H15NO2/c1-7-4-3-5-8(2)10(7)9(6-12)11(13)14/h3-5,9H,6,12H2,1-2H3,(H,13,14). The third-order valence-corrected chi connectivity index (χ3v) is 2.42. The van der Waals surface area contributed by atoms with E-state index in [2.05, 4.69) is 0 Å². The molecule has 0 fully saturated rings. The van der Waals surface area contributed by atoms with Crippen LogP contribution in [0.5, 0.6) is 0 Å². The van der Waals surface area contributed by atoms with Crippen molar-refractivity contribution in [2.24, 2.45) is 5.73 Å². The van der Waals surface area contributed by atoms with Crippen molar-refractivity contribution >= 4 is 5.97 Å². The van der Waals surface area contributed by atoms with Crippen LogP contribution < -0.4 is 5.73 Å². The van der Waals surface area contributed by atoms with Crippen molar-refractivity contribution in [1.29, 1.82) is 0 Å². The molecule has 0 aliphatic heterocycles. The lowest BCUT2D eigenvalue weighted by atomic mass is 9.91. The second-order valence-electron chi connectivity index (χ2n) is 3.43. The number of carboxylic acids is 1. The van der Waals surface area contributed by atoms with E-state index in [-0.39, 0.29) is 6.54 Å². The number of aryl methyl sites for hydroxylation is 2. The van der Waals surface area contributed by atoms with Crippen molar-refractivity contribution in [2.45, 2.75) is 19.8 Å². The average molecular weight is 193 g/mol. The Morgan fingerprint density at radius 1 is 1.43 bits per heavy atom. The Hall–Kier alpha value is -1.35. The molecule has 0 aliphatic rings. The fourth-order valence-electron chi connectivity index (χ4n) is 1.72. The van der Waals surface area contributed by atoms with Crippen LogP contribution in [0, 0.1) is 13.8 Å². The number of benzene rings is 1. The third-order valence-electron chi connectivity index (χ3n) is 2.42. The van der Waals surface area contributed by atoms with Crippen LogP contribution in [0.4, 0.5) is 0 Å². The molecular formula is C11H15NO2. The lowest BCUT2D eigenvalue weighted by Gasteiger charge is -2.15. The molecule has 1 atom stereocenters. The molecule has 3 heteroatoms. The van der Waals surface area contributed by atoms with Crippen molar-refractivity contribution in [3.8, 4) is 0 Å². The van der Waals surface area contributed by atoms with Gasteiger partial charge in [0.15, 0.2) is 0 Å². The number of aliphatic carboxylic acids is 1. The molecular weight excluding hydrogens is 178 g/mol. The molecule has 14 heavy (non-hydrogen) atoms. The minimum Gasteiger partial charge on any atom is -0.481 e. The lowest BCUT2D eigenvalue weighted by Crippen LogP contribution is -2.22. The van der Waals surface area contributed by atoms with Gasteiger partial charge in [0, 0.05) is 6.54 Å². The zero-order chi connectivity index (χ0) is 10.7. The smallest absolute Gasteiger partial charge is 0.312 e. The Kier molecular flexibility index (Phi) is 3.25. The fraction of sp³-hybridized carbons (Fsp3) is 0.364. The van der Waals surface area contributed by atoms with Gasteiger partial charge in [0.05, 0.1) is 5.92 Å². The number of nitrogens with two attached hydrogens (primary N) is 1. The highest BCUT2D eigenvalue weighted by Gasteiger charge is 2.21. The molecule has 1 unspecified atom stereocenters. The molecule has 3 nitrogen and oxygen atoms in total. The van der Waals surface area contributed by atoms with Gasteiger partial charge in [-0.1, -0.05) is 18.2 Å². The highest BCUT2D eigenvalue weighted by molar-refractivity contribution is 5.77. The van der Waals surface area contributed by atoms with E-state index in [0.717, 1.165) is 16.7 Å². The Morgan fingerprint density at radius 3 is 2.29 bits per heavy atom. The highest BCUT2D eigenvalue weighted by Crippen LogP contribution is 2.23. The van der Waals surface area contributed by atoms with E-state index >= 15 is 0 Å². The first kappa shape index (κ1) is 10.7. The largest absolute Gasteiger partial charge is 0.481 e. The van der Waals surface area contributed by atoms with Crippen LogP contribution in [0.15, 0.2) is 18.2 Å². The van der Waals surface area contributed by atoms with Gasteiger partial charge in [-0.25, -0.2) is 0 Å². The summed E-state index contributed by atoms with van der Waals surface area (Å²) in [4.78, 5) is 11.0. The van der Waals surface area contributed by atoms with Crippen molar-refractivity contribution in [3.05, 3.63) is 34.9 Å². The first-order chi connectivity index (χ1) is 6.57. The van der Waals surface area contributed by atoms with Crippen LogP contribution in [0.2, 0.25) is 0 Å². The van der Waals surface area contributed by atoms with Gasteiger partial charge in [0.2, 0.25) is 0 Å². The number of carbonyl (C=O) groups is 1. The van der Waals surface area contributed by atoms with E-state index < -0.39 is 11.9 Å². The first-order valence-corrected chi connectivity index (χ1v) is 4.57. The summed E-state index contributed by atoms with van der Waals surface area (Å²) in [5.41, 5.74) is 8.29. The van der Waals surface area contributed by atoms with Gasteiger partial charge >= 0.3 is 5.97 Å².